The number of carbonyl (C=O) groups is 2. The van der Waals surface area contributed by atoms with Crippen LogP contribution in [0.4, 0.5) is 5.69 Å². The average molecular weight is 391 g/mol. The quantitative estimate of drug-likeness (QED) is 0.291. The molecule has 2 rings (SSSR count). The molecule has 0 saturated heterocycles. The third kappa shape index (κ3) is 6.82. The fourth-order valence-electron chi connectivity index (χ4n) is 2.59. The summed E-state index contributed by atoms with van der Waals surface area (Å²) < 4.78 is 5.22. The highest BCUT2D eigenvalue weighted by Crippen LogP contribution is 2.17. The number of nitrogens with one attached hydrogen (secondary N) is 2. The zero-order valence-electron chi connectivity index (χ0n) is 16.7. The fraction of sp³-hybridized carbons (Fsp3) is 0.261. The van der Waals surface area contributed by atoms with Crippen LogP contribution in [-0.4, -0.2) is 18.5 Å². The van der Waals surface area contributed by atoms with Gasteiger partial charge in [0.1, 0.15) is 11.6 Å². The number of esters is 1. The van der Waals surface area contributed by atoms with Crippen molar-refractivity contribution in [3.8, 4) is 6.07 Å². The van der Waals surface area contributed by atoms with Crippen molar-refractivity contribution in [1.82, 2.24) is 5.32 Å². The molecule has 0 aliphatic carbocycles. The van der Waals surface area contributed by atoms with Gasteiger partial charge in [0.05, 0.1) is 17.9 Å². The molecule has 150 valence electrons. The number of benzene rings is 2. The highest BCUT2D eigenvalue weighted by molar-refractivity contribution is 6.09. The van der Waals surface area contributed by atoms with Crippen molar-refractivity contribution in [2.45, 2.75) is 33.2 Å². The monoisotopic (exact) mass is 391 g/mol. The maximum Gasteiger partial charge on any atom is 0.340 e. The van der Waals surface area contributed by atoms with E-state index in [-0.39, 0.29) is 11.1 Å². The lowest BCUT2D eigenvalue weighted by molar-refractivity contribution is -0.112. The number of ether oxygens (including phenoxy) is 1. The molecule has 0 heterocycles. The largest absolute Gasteiger partial charge is 0.462 e. The molecule has 2 aromatic carbocycles. The van der Waals surface area contributed by atoms with E-state index in [9.17, 15) is 14.9 Å². The highest BCUT2D eigenvalue weighted by atomic mass is 16.5. The van der Waals surface area contributed by atoms with E-state index in [1.165, 1.54) is 6.20 Å². The van der Waals surface area contributed by atoms with Gasteiger partial charge in [-0.25, -0.2) is 4.79 Å². The Hall–Kier alpha value is -3.59. The SMILES string of the molecule is CCCCOC(=O)c1ccccc1NC(=O)/C(C#N)=C\NCc1cccc(C)c1. The van der Waals surface area contributed by atoms with Gasteiger partial charge >= 0.3 is 5.97 Å². The first kappa shape index (κ1) is 21.7. The molecule has 2 N–H and O–H groups in total. The van der Waals surface area contributed by atoms with Crippen LogP contribution in [0.15, 0.2) is 60.3 Å². The molecule has 0 unspecified atom stereocenters. The van der Waals surface area contributed by atoms with Gasteiger partial charge in [0, 0.05) is 12.7 Å². The number of hydrogen-bond acceptors (Lipinski definition) is 5. The number of anilines is 1. The van der Waals surface area contributed by atoms with Crippen molar-refractivity contribution in [1.29, 1.82) is 5.26 Å². The van der Waals surface area contributed by atoms with Crippen molar-refractivity contribution in [2.24, 2.45) is 0 Å². The van der Waals surface area contributed by atoms with Gasteiger partial charge < -0.3 is 15.4 Å². The Morgan fingerprint density at radius 2 is 1.97 bits per heavy atom. The summed E-state index contributed by atoms with van der Waals surface area (Å²) in [5.74, 6) is -1.10. The summed E-state index contributed by atoms with van der Waals surface area (Å²) in [7, 11) is 0. The summed E-state index contributed by atoms with van der Waals surface area (Å²) in [6, 6.07) is 16.4. The molecule has 0 aliphatic rings. The normalized spacial score (nSPS) is 10.7. The standard InChI is InChI=1S/C23H25N3O3/c1-3-4-12-29-23(28)20-10-5-6-11-21(20)26-22(27)19(14-24)16-25-15-18-9-7-8-17(2)13-18/h5-11,13,16,25H,3-4,12,15H2,1-2H3,(H,26,27)/b19-16-. The molecule has 1 amide bonds. The van der Waals surface area contributed by atoms with E-state index in [2.05, 4.69) is 10.6 Å². The van der Waals surface area contributed by atoms with E-state index in [1.807, 2.05) is 44.2 Å². The molecule has 0 radical (unpaired) electrons. The van der Waals surface area contributed by atoms with Crippen LogP contribution in [0.2, 0.25) is 0 Å². The number of amides is 1. The van der Waals surface area contributed by atoms with E-state index < -0.39 is 11.9 Å². The molecule has 0 spiro atoms. The number of nitrogens with zero attached hydrogens (tertiary/aromatic N) is 1. The van der Waals surface area contributed by atoms with Gasteiger partial charge in [-0.1, -0.05) is 55.3 Å². The van der Waals surface area contributed by atoms with Gasteiger partial charge in [-0.3, -0.25) is 4.79 Å². The van der Waals surface area contributed by atoms with Gasteiger partial charge in [0.15, 0.2) is 0 Å². The Morgan fingerprint density at radius 1 is 1.17 bits per heavy atom. The van der Waals surface area contributed by atoms with Crippen molar-refractivity contribution in [2.75, 3.05) is 11.9 Å². The zero-order chi connectivity index (χ0) is 21.1. The highest BCUT2D eigenvalue weighted by Gasteiger charge is 2.16. The minimum atomic E-state index is -0.599. The molecule has 0 fully saturated rings. The summed E-state index contributed by atoms with van der Waals surface area (Å²) in [6.45, 7) is 4.81. The molecule has 6 heteroatoms. The minimum absolute atomic E-state index is 0.0909. The van der Waals surface area contributed by atoms with Crippen LogP contribution in [0.1, 0.15) is 41.3 Å². The third-order valence-electron chi connectivity index (χ3n) is 4.13. The minimum Gasteiger partial charge on any atom is -0.462 e. The summed E-state index contributed by atoms with van der Waals surface area (Å²) in [4.78, 5) is 24.7. The topological polar surface area (TPSA) is 91.2 Å². The molecule has 2 aromatic rings. The Labute approximate surface area is 171 Å². The molecular formula is C23H25N3O3. The first-order valence-electron chi connectivity index (χ1n) is 9.51. The smallest absolute Gasteiger partial charge is 0.340 e. The van der Waals surface area contributed by atoms with E-state index in [1.54, 1.807) is 24.3 Å². The van der Waals surface area contributed by atoms with Crippen LogP contribution in [0, 0.1) is 18.3 Å². The summed E-state index contributed by atoms with van der Waals surface area (Å²) in [5, 5.41) is 14.9. The second kappa shape index (κ2) is 11.3. The molecule has 6 nitrogen and oxygen atoms in total. The molecular weight excluding hydrogens is 366 g/mol. The Bertz CT molecular complexity index is 929. The van der Waals surface area contributed by atoms with E-state index in [0.717, 1.165) is 24.0 Å². The molecule has 29 heavy (non-hydrogen) atoms. The molecule has 0 saturated carbocycles. The number of hydrogen-bond donors (Lipinski definition) is 2. The molecule has 0 bridgehead atoms. The van der Waals surface area contributed by atoms with Crippen LogP contribution in [0.5, 0.6) is 0 Å². The van der Waals surface area contributed by atoms with Crippen LogP contribution < -0.4 is 10.6 Å². The first-order chi connectivity index (χ1) is 14.0. The van der Waals surface area contributed by atoms with Gasteiger partial charge in [0.25, 0.3) is 5.91 Å². The average Bonchev–Trinajstić information content (AvgIpc) is 2.71. The predicted molar refractivity (Wildman–Crippen MR) is 112 cm³/mol. The lowest BCUT2D eigenvalue weighted by Gasteiger charge is -2.10. The summed E-state index contributed by atoms with van der Waals surface area (Å²) in [6.07, 6.45) is 3.06. The Morgan fingerprint density at radius 3 is 2.69 bits per heavy atom. The maximum absolute atomic E-state index is 12.5. The Balaban J connectivity index is 2.04. The second-order valence-electron chi connectivity index (χ2n) is 6.53. The number of carbonyl (C=O) groups excluding carboxylic acids is 2. The lowest BCUT2D eigenvalue weighted by Crippen LogP contribution is -2.19. The number of aryl methyl sites for hydroxylation is 1. The van der Waals surface area contributed by atoms with Crippen LogP contribution >= 0.6 is 0 Å². The number of rotatable bonds is 9. The van der Waals surface area contributed by atoms with Crippen LogP contribution in [-0.2, 0) is 16.1 Å². The number of unbranched alkanes of at least 4 members (excludes halogenated alkanes) is 1. The van der Waals surface area contributed by atoms with E-state index in [4.69, 9.17) is 4.74 Å². The Kier molecular flexibility index (Phi) is 8.46. The van der Waals surface area contributed by atoms with E-state index >= 15 is 0 Å². The fourth-order valence-corrected chi connectivity index (χ4v) is 2.59. The molecule has 0 atom stereocenters. The molecule has 0 aromatic heterocycles. The number of nitriles is 1. The van der Waals surface area contributed by atoms with Gasteiger partial charge in [-0.15, -0.1) is 0 Å². The van der Waals surface area contributed by atoms with Crippen molar-refractivity contribution >= 4 is 17.6 Å². The van der Waals surface area contributed by atoms with Crippen molar-refractivity contribution in [3.63, 3.8) is 0 Å². The van der Waals surface area contributed by atoms with Crippen molar-refractivity contribution in [3.05, 3.63) is 77.0 Å². The molecule has 0 aliphatic heterocycles. The summed E-state index contributed by atoms with van der Waals surface area (Å²) >= 11 is 0. The second-order valence-corrected chi connectivity index (χ2v) is 6.53. The predicted octanol–water partition coefficient (Wildman–Crippen LogP) is 4.09. The van der Waals surface area contributed by atoms with Gasteiger partial charge in [-0.2, -0.15) is 5.26 Å². The third-order valence-corrected chi connectivity index (χ3v) is 4.13. The van der Waals surface area contributed by atoms with Crippen LogP contribution in [0.3, 0.4) is 0 Å². The van der Waals surface area contributed by atoms with Gasteiger partial charge in [-0.05, 0) is 31.0 Å². The first-order valence-corrected chi connectivity index (χ1v) is 9.51. The van der Waals surface area contributed by atoms with Crippen LogP contribution in [0.25, 0.3) is 0 Å². The number of para-hydroxylation sites is 1. The van der Waals surface area contributed by atoms with Gasteiger partial charge in [0.2, 0.25) is 0 Å². The maximum atomic E-state index is 12.5. The van der Waals surface area contributed by atoms with Crippen molar-refractivity contribution < 1.29 is 14.3 Å². The zero-order valence-corrected chi connectivity index (χ0v) is 16.7. The lowest BCUT2D eigenvalue weighted by atomic mass is 10.1. The van der Waals surface area contributed by atoms with E-state index in [0.29, 0.717) is 18.8 Å². The summed E-state index contributed by atoms with van der Waals surface area (Å²) in [5.41, 5.74) is 2.64.